The van der Waals surface area contributed by atoms with E-state index in [9.17, 15) is 4.79 Å². The lowest BCUT2D eigenvalue weighted by molar-refractivity contribution is -0.116. The third-order valence-electron chi connectivity index (χ3n) is 5.59. The van der Waals surface area contributed by atoms with Crippen LogP contribution in [0.5, 0.6) is 5.88 Å². The van der Waals surface area contributed by atoms with Crippen LogP contribution < -0.4 is 10.1 Å². The van der Waals surface area contributed by atoms with Gasteiger partial charge in [-0.05, 0) is 69.0 Å². The number of pyridine rings is 1. The van der Waals surface area contributed by atoms with Gasteiger partial charge in [-0.3, -0.25) is 4.79 Å². The molecule has 0 spiro atoms. The van der Waals surface area contributed by atoms with Crippen LogP contribution in [0.3, 0.4) is 0 Å². The minimum atomic E-state index is -0.0221. The molecule has 0 saturated heterocycles. The topological polar surface area (TPSA) is 81.9 Å². The average molecular weight is 482 g/mol. The van der Waals surface area contributed by atoms with Gasteiger partial charge in [0, 0.05) is 40.8 Å². The smallest absolute Gasteiger partial charge is 0.242 e. The summed E-state index contributed by atoms with van der Waals surface area (Å²) in [5, 5.41) is 10.4. The molecule has 1 amide bonds. The molecule has 0 fully saturated rings. The molecule has 1 aromatic carbocycles. The summed E-state index contributed by atoms with van der Waals surface area (Å²) in [5.74, 6) is 0.538. The molecular formula is C24H27N5O2S2. The molecule has 0 aliphatic heterocycles. The SMILES string of the molecule is COc1nn(C)c2nc(C)c(CCC(=O)Nc3ccc(Sc4nc(C)cs4)cc3C)c(C)c12. The summed E-state index contributed by atoms with van der Waals surface area (Å²) in [4.78, 5) is 23.1. The molecule has 0 atom stereocenters. The Hall–Kier alpha value is -2.91. The molecule has 4 rings (SSSR count). The van der Waals surface area contributed by atoms with Gasteiger partial charge in [0.05, 0.1) is 12.5 Å². The Bertz CT molecular complexity index is 1340. The molecular weight excluding hydrogens is 454 g/mol. The first kappa shape index (κ1) is 23.3. The summed E-state index contributed by atoms with van der Waals surface area (Å²) >= 11 is 3.28. The fourth-order valence-corrected chi connectivity index (χ4v) is 5.79. The lowest BCUT2D eigenvalue weighted by Gasteiger charge is -2.12. The first-order chi connectivity index (χ1) is 15.8. The maximum absolute atomic E-state index is 12.7. The Kier molecular flexibility index (Phi) is 6.71. The van der Waals surface area contributed by atoms with Crippen LogP contribution in [0.15, 0.2) is 32.8 Å². The van der Waals surface area contributed by atoms with E-state index in [-0.39, 0.29) is 5.91 Å². The highest BCUT2D eigenvalue weighted by molar-refractivity contribution is 8.01. The number of benzene rings is 1. The van der Waals surface area contributed by atoms with Gasteiger partial charge < -0.3 is 10.1 Å². The predicted molar refractivity (Wildman–Crippen MR) is 134 cm³/mol. The maximum atomic E-state index is 12.7. The molecule has 0 aliphatic rings. The first-order valence-electron chi connectivity index (χ1n) is 10.6. The first-order valence-corrected chi connectivity index (χ1v) is 12.3. The largest absolute Gasteiger partial charge is 0.479 e. The summed E-state index contributed by atoms with van der Waals surface area (Å²) in [6, 6.07) is 6.06. The van der Waals surface area contributed by atoms with E-state index >= 15 is 0 Å². The van der Waals surface area contributed by atoms with Crippen molar-refractivity contribution >= 4 is 45.7 Å². The van der Waals surface area contributed by atoms with Crippen molar-refractivity contribution in [2.24, 2.45) is 7.05 Å². The summed E-state index contributed by atoms with van der Waals surface area (Å²) in [6.45, 7) is 8.02. The van der Waals surface area contributed by atoms with Gasteiger partial charge in [0.15, 0.2) is 9.99 Å². The second kappa shape index (κ2) is 9.52. The molecule has 0 unspecified atom stereocenters. The van der Waals surface area contributed by atoms with Gasteiger partial charge in [0.2, 0.25) is 11.8 Å². The Balaban J connectivity index is 1.45. The normalized spacial score (nSPS) is 11.2. The number of aryl methyl sites for hydroxylation is 5. The van der Waals surface area contributed by atoms with Crippen LogP contribution in [-0.4, -0.2) is 32.8 Å². The van der Waals surface area contributed by atoms with E-state index in [4.69, 9.17) is 9.72 Å². The van der Waals surface area contributed by atoms with Crippen molar-refractivity contribution in [1.82, 2.24) is 19.7 Å². The van der Waals surface area contributed by atoms with E-state index in [1.165, 1.54) is 0 Å². The van der Waals surface area contributed by atoms with Gasteiger partial charge in [-0.2, -0.15) is 0 Å². The molecule has 3 heterocycles. The highest BCUT2D eigenvalue weighted by Crippen LogP contribution is 2.33. The zero-order valence-corrected chi connectivity index (χ0v) is 21.3. The monoisotopic (exact) mass is 481 g/mol. The number of hydrogen-bond acceptors (Lipinski definition) is 7. The van der Waals surface area contributed by atoms with E-state index in [0.29, 0.717) is 18.7 Å². The van der Waals surface area contributed by atoms with Crippen molar-refractivity contribution in [2.75, 3.05) is 12.4 Å². The second-order valence-electron chi connectivity index (χ2n) is 8.01. The molecule has 0 radical (unpaired) electrons. The molecule has 172 valence electrons. The fraction of sp³-hybridized carbons (Fsp3) is 0.333. The Morgan fingerprint density at radius 3 is 2.67 bits per heavy atom. The standard InChI is InChI=1S/C24H27N5O2S2/c1-13-11-17(33-24-25-14(2)12-32-24)7-9-19(13)27-20(30)10-8-18-15(3)21-22(26-16(18)4)29(5)28-23(21)31-6/h7,9,11-12H,8,10H2,1-6H3,(H,27,30). The van der Waals surface area contributed by atoms with E-state index in [1.807, 2.05) is 52.3 Å². The maximum Gasteiger partial charge on any atom is 0.242 e. The Labute approximate surface area is 201 Å². The van der Waals surface area contributed by atoms with Crippen molar-refractivity contribution < 1.29 is 9.53 Å². The number of nitrogens with one attached hydrogen (secondary N) is 1. The average Bonchev–Trinajstić information content (AvgIpc) is 3.32. The van der Waals surface area contributed by atoms with Crippen LogP contribution >= 0.6 is 23.1 Å². The van der Waals surface area contributed by atoms with Gasteiger partial charge in [-0.15, -0.1) is 16.4 Å². The van der Waals surface area contributed by atoms with Crippen molar-refractivity contribution in [2.45, 2.75) is 49.8 Å². The van der Waals surface area contributed by atoms with E-state index < -0.39 is 0 Å². The van der Waals surface area contributed by atoms with Crippen molar-refractivity contribution in [3.05, 3.63) is 51.7 Å². The third-order valence-corrected chi connectivity index (χ3v) is 7.64. The number of aromatic nitrogens is 4. The number of amides is 1. The van der Waals surface area contributed by atoms with Gasteiger partial charge >= 0.3 is 0 Å². The predicted octanol–water partition coefficient (Wildman–Crippen LogP) is 5.39. The number of anilines is 1. The molecule has 7 nitrogen and oxygen atoms in total. The second-order valence-corrected chi connectivity index (χ2v) is 10.2. The van der Waals surface area contributed by atoms with Crippen LogP contribution in [0, 0.1) is 27.7 Å². The fourth-order valence-electron chi connectivity index (χ4n) is 3.88. The van der Waals surface area contributed by atoms with Crippen LogP contribution in [0.25, 0.3) is 11.0 Å². The molecule has 0 bridgehead atoms. The molecule has 0 saturated carbocycles. The third kappa shape index (κ3) is 4.89. The Morgan fingerprint density at radius 1 is 1.21 bits per heavy atom. The number of fused-ring (bicyclic) bond motifs is 1. The van der Waals surface area contributed by atoms with Gasteiger partial charge in [-0.1, -0.05) is 11.8 Å². The van der Waals surface area contributed by atoms with Crippen LogP contribution in [-0.2, 0) is 18.3 Å². The number of thiazole rings is 1. The highest BCUT2D eigenvalue weighted by atomic mass is 32.2. The van der Waals surface area contributed by atoms with Crippen molar-refractivity contribution in [3.8, 4) is 5.88 Å². The highest BCUT2D eigenvalue weighted by Gasteiger charge is 2.18. The molecule has 1 N–H and O–H groups in total. The molecule has 9 heteroatoms. The Morgan fingerprint density at radius 2 is 2.00 bits per heavy atom. The zero-order chi connectivity index (χ0) is 23.7. The zero-order valence-electron chi connectivity index (χ0n) is 19.6. The van der Waals surface area contributed by atoms with E-state index in [1.54, 1.807) is 34.9 Å². The van der Waals surface area contributed by atoms with Crippen molar-refractivity contribution in [1.29, 1.82) is 0 Å². The number of hydrogen-bond donors (Lipinski definition) is 1. The lowest BCUT2D eigenvalue weighted by atomic mass is 10.00. The van der Waals surface area contributed by atoms with E-state index in [0.717, 1.165) is 54.0 Å². The number of carbonyl (C=O) groups excluding carboxylic acids is 1. The molecule has 0 aliphatic carbocycles. The number of methoxy groups -OCH3 is 1. The van der Waals surface area contributed by atoms with Crippen LogP contribution in [0.1, 0.15) is 34.5 Å². The van der Waals surface area contributed by atoms with Crippen LogP contribution in [0.4, 0.5) is 5.69 Å². The number of carbonyl (C=O) groups is 1. The van der Waals surface area contributed by atoms with Gasteiger partial charge in [0.1, 0.15) is 0 Å². The van der Waals surface area contributed by atoms with E-state index in [2.05, 4.69) is 21.5 Å². The quantitative estimate of drug-likeness (QED) is 0.381. The minimum Gasteiger partial charge on any atom is -0.479 e. The summed E-state index contributed by atoms with van der Waals surface area (Å²) in [6.07, 6.45) is 0.965. The van der Waals surface area contributed by atoms with Gasteiger partial charge in [-0.25, -0.2) is 14.6 Å². The van der Waals surface area contributed by atoms with Crippen molar-refractivity contribution in [3.63, 3.8) is 0 Å². The molecule has 33 heavy (non-hydrogen) atoms. The number of nitrogens with zero attached hydrogens (tertiary/aromatic N) is 4. The number of ether oxygens (including phenoxy) is 1. The lowest BCUT2D eigenvalue weighted by Crippen LogP contribution is -2.14. The summed E-state index contributed by atoms with van der Waals surface area (Å²) < 4.78 is 8.18. The summed E-state index contributed by atoms with van der Waals surface area (Å²) in [7, 11) is 3.46. The van der Waals surface area contributed by atoms with Crippen LogP contribution in [0.2, 0.25) is 0 Å². The molecule has 3 aromatic heterocycles. The number of rotatable bonds is 7. The molecule has 4 aromatic rings. The van der Waals surface area contributed by atoms with Gasteiger partial charge in [0.25, 0.3) is 0 Å². The minimum absolute atomic E-state index is 0.0221. The summed E-state index contributed by atoms with van der Waals surface area (Å²) in [5.41, 5.74) is 6.71.